The minimum atomic E-state index is -0.0517. The van der Waals surface area contributed by atoms with E-state index in [0.717, 1.165) is 28.3 Å². The molecule has 32 heavy (non-hydrogen) atoms. The van der Waals surface area contributed by atoms with Gasteiger partial charge in [0.1, 0.15) is 11.5 Å². The highest BCUT2D eigenvalue weighted by molar-refractivity contribution is 5.77. The number of likely N-dealkylation sites (N-methyl/N-ethyl adjacent to an activating group) is 1. The zero-order valence-electron chi connectivity index (χ0n) is 18.3. The van der Waals surface area contributed by atoms with Crippen molar-refractivity contribution in [2.75, 3.05) is 20.6 Å². The lowest BCUT2D eigenvalue weighted by Gasteiger charge is -2.22. The number of nitrogens with one attached hydrogen (secondary N) is 1. The van der Waals surface area contributed by atoms with Crippen molar-refractivity contribution < 1.29 is 13.6 Å². The molecule has 6 nitrogen and oxygen atoms in total. The molecule has 6 heteroatoms. The van der Waals surface area contributed by atoms with Gasteiger partial charge in [-0.2, -0.15) is 0 Å². The van der Waals surface area contributed by atoms with Gasteiger partial charge >= 0.3 is 0 Å². The average molecular weight is 430 g/mol. The van der Waals surface area contributed by atoms with E-state index in [4.69, 9.17) is 13.8 Å². The molecule has 0 saturated carbocycles. The van der Waals surface area contributed by atoms with Gasteiger partial charge in [0.15, 0.2) is 11.7 Å². The average Bonchev–Trinajstić information content (AvgIpc) is 3.49. The second-order valence-corrected chi connectivity index (χ2v) is 7.82. The SMILES string of the molecule is CN(C)[C@@H](CNC(=O)CCc1nc(-c2ccccc2)c(-c2ccccc2)o1)c1ccco1. The van der Waals surface area contributed by atoms with E-state index in [1.54, 1.807) is 6.26 Å². The van der Waals surface area contributed by atoms with Crippen molar-refractivity contribution in [3.05, 3.63) is 90.7 Å². The lowest BCUT2D eigenvalue weighted by Crippen LogP contribution is -2.34. The van der Waals surface area contributed by atoms with Gasteiger partial charge in [0.2, 0.25) is 5.91 Å². The standard InChI is InChI=1S/C26H27N3O3/c1-29(2)21(22-14-9-17-31-22)18-27-23(30)15-16-24-28-25(19-10-5-3-6-11-19)26(32-24)20-12-7-4-8-13-20/h3-14,17,21H,15-16,18H2,1-2H3,(H,27,30)/t21-/m0/s1. The van der Waals surface area contributed by atoms with Crippen LogP contribution >= 0.6 is 0 Å². The van der Waals surface area contributed by atoms with Crippen molar-refractivity contribution >= 4 is 5.91 Å². The molecule has 0 saturated heterocycles. The van der Waals surface area contributed by atoms with Crippen molar-refractivity contribution in [1.82, 2.24) is 15.2 Å². The van der Waals surface area contributed by atoms with Crippen LogP contribution in [-0.4, -0.2) is 36.4 Å². The molecule has 2 aromatic carbocycles. The Labute approximate surface area is 187 Å². The van der Waals surface area contributed by atoms with Crippen molar-refractivity contribution in [3.63, 3.8) is 0 Å². The third-order valence-corrected chi connectivity index (χ3v) is 5.31. The Kier molecular flexibility index (Phi) is 6.82. The Morgan fingerprint density at radius 1 is 0.969 bits per heavy atom. The van der Waals surface area contributed by atoms with Crippen LogP contribution in [0.15, 0.2) is 87.9 Å². The zero-order chi connectivity index (χ0) is 22.3. The predicted octanol–water partition coefficient (Wildman–Crippen LogP) is 4.95. The van der Waals surface area contributed by atoms with E-state index in [2.05, 4.69) is 5.32 Å². The van der Waals surface area contributed by atoms with Gasteiger partial charge in [-0.3, -0.25) is 9.69 Å². The number of carbonyl (C=O) groups excluding carboxylic acids is 1. The van der Waals surface area contributed by atoms with Crippen molar-refractivity contribution in [1.29, 1.82) is 0 Å². The number of hydrogen-bond acceptors (Lipinski definition) is 5. The summed E-state index contributed by atoms with van der Waals surface area (Å²) >= 11 is 0. The van der Waals surface area contributed by atoms with E-state index >= 15 is 0 Å². The van der Waals surface area contributed by atoms with Crippen LogP contribution < -0.4 is 5.32 Å². The summed E-state index contributed by atoms with van der Waals surface area (Å²) in [6, 6.07) is 23.6. The molecule has 0 spiro atoms. The van der Waals surface area contributed by atoms with E-state index in [0.29, 0.717) is 25.3 Å². The number of oxazole rings is 1. The molecule has 164 valence electrons. The fourth-order valence-corrected chi connectivity index (χ4v) is 3.59. The maximum absolute atomic E-state index is 12.5. The van der Waals surface area contributed by atoms with Crippen LogP contribution in [0.3, 0.4) is 0 Å². The summed E-state index contributed by atoms with van der Waals surface area (Å²) in [5.41, 5.74) is 2.73. The summed E-state index contributed by atoms with van der Waals surface area (Å²) in [6.07, 6.45) is 2.36. The summed E-state index contributed by atoms with van der Waals surface area (Å²) in [6.45, 7) is 0.468. The van der Waals surface area contributed by atoms with Crippen molar-refractivity contribution in [2.45, 2.75) is 18.9 Å². The monoisotopic (exact) mass is 429 g/mol. The Balaban J connectivity index is 1.44. The number of amides is 1. The molecule has 0 aliphatic carbocycles. The zero-order valence-corrected chi connectivity index (χ0v) is 18.3. The lowest BCUT2D eigenvalue weighted by molar-refractivity contribution is -0.121. The molecule has 1 N–H and O–H groups in total. The summed E-state index contributed by atoms with van der Waals surface area (Å²) in [7, 11) is 3.92. The van der Waals surface area contributed by atoms with Crippen molar-refractivity contribution in [2.24, 2.45) is 0 Å². The van der Waals surface area contributed by atoms with Crippen LogP contribution in [0.25, 0.3) is 22.6 Å². The molecule has 0 aliphatic rings. The number of carbonyl (C=O) groups is 1. The van der Waals surface area contributed by atoms with Gasteiger partial charge in [-0.25, -0.2) is 4.98 Å². The highest BCUT2D eigenvalue weighted by Crippen LogP contribution is 2.32. The van der Waals surface area contributed by atoms with Crippen LogP contribution in [0.5, 0.6) is 0 Å². The number of rotatable bonds is 9. The maximum Gasteiger partial charge on any atom is 0.220 e. The van der Waals surface area contributed by atoms with Crippen LogP contribution in [0.2, 0.25) is 0 Å². The molecule has 4 aromatic rings. The van der Waals surface area contributed by atoms with Gasteiger partial charge in [-0.15, -0.1) is 0 Å². The fourth-order valence-electron chi connectivity index (χ4n) is 3.59. The molecular formula is C26H27N3O3. The third kappa shape index (κ3) is 5.15. The summed E-state index contributed by atoms with van der Waals surface area (Å²) in [4.78, 5) is 19.3. The van der Waals surface area contributed by atoms with Gasteiger partial charge in [-0.1, -0.05) is 60.7 Å². The number of hydrogen-bond donors (Lipinski definition) is 1. The highest BCUT2D eigenvalue weighted by Gasteiger charge is 2.19. The quantitative estimate of drug-likeness (QED) is 0.407. The van der Waals surface area contributed by atoms with E-state index in [1.165, 1.54) is 0 Å². The van der Waals surface area contributed by atoms with E-state index in [1.807, 2.05) is 91.8 Å². The second kappa shape index (κ2) is 10.1. The van der Waals surface area contributed by atoms with E-state index in [-0.39, 0.29) is 11.9 Å². The first kappa shape index (κ1) is 21.6. The number of benzene rings is 2. The topological polar surface area (TPSA) is 71.5 Å². The number of furan rings is 1. The molecule has 1 amide bonds. The van der Waals surface area contributed by atoms with Crippen LogP contribution in [-0.2, 0) is 11.2 Å². The Hall–Kier alpha value is -3.64. The molecular weight excluding hydrogens is 402 g/mol. The van der Waals surface area contributed by atoms with E-state index in [9.17, 15) is 4.79 Å². The maximum atomic E-state index is 12.5. The first-order valence-corrected chi connectivity index (χ1v) is 10.7. The van der Waals surface area contributed by atoms with Crippen molar-refractivity contribution in [3.8, 4) is 22.6 Å². The molecule has 2 aromatic heterocycles. The normalized spacial score (nSPS) is 12.1. The molecule has 0 unspecified atom stereocenters. The molecule has 0 radical (unpaired) electrons. The fraction of sp³-hybridized carbons (Fsp3) is 0.231. The molecule has 0 fully saturated rings. The van der Waals surface area contributed by atoms with Gasteiger partial charge in [-0.05, 0) is 26.2 Å². The summed E-state index contributed by atoms with van der Waals surface area (Å²) in [5, 5.41) is 3.00. The number of nitrogens with zero attached hydrogens (tertiary/aromatic N) is 2. The first-order valence-electron chi connectivity index (χ1n) is 10.7. The lowest BCUT2D eigenvalue weighted by atomic mass is 10.1. The molecule has 2 heterocycles. The number of aromatic nitrogens is 1. The smallest absolute Gasteiger partial charge is 0.220 e. The third-order valence-electron chi connectivity index (χ3n) is 5.31. The number of aryl methyl sites for hydroxylation is 1. The largest absolute Gasteiger partial charge is 0.468 e. The van der Waals surface area contributed by atoms with E-state index < -0.39 is 0 Å². The Morgan fingerprint density at radius 2 is 1.66 bits per heavy atom. The Bertz CT molecular complexity index is 1060. The minimum Gasteiger partial charge on any atom is -0.468 e. The predicted molar refractivity (Wildman–Crippen MR) is 124 cm³/mol. The van der Waals surface area contributed by atoms with Crippen LogP contribution in [0.1, 0.15) is 24.1 Å². The Morgan fingerprint density at radius 3 is 2.28 bits per heavy atom. The summed E-state index contributed by atoms with van der Waals surface area (Å²) in [5.74, 6) is 2.04. The van der Waals surface area contributed by atoms with Gasteiger partial charge in [0.05, 0.1) is 12.3 Å². The van der Waals surface area contributed by atoms with Crippen LogP contribution in [0.4, 0.5) is 0 Å². The second-order valence-electron chi connectivity index (χ2n) is 7.82. The van der Waals surface area contributed by atoms with Gasteiger partial charge in [0.25, 0.3) is 0 Å². The summed E-state index contributed by atoms with van der Waals surface area (Å²) < 4.78 is 11.6. The molecule has 0 bridgehead atoms. The van der Waals surface area contributed by atoms with Gasteiger partial charge in [0, 0.05) is 30.5 Å². The molecule has 4 rings (SSSR count). The molecule has 0 aliphatic heterocycles. The van der Waals surface area contributed by atoms with Gasteiger partial charge < -0.3 is 14.2 Å². The first-order chi connectivity index (χ1) is 15.6. The molecule has 1 atom stereocenters. The van der Waals surface area contributed by atoms with Crippen LogP contribution in [0, 0.1) is 0 Å². The highest BCUT2D eigenvalue weighted by atomic mass is 16.4. The minimum absolute atomic E-state index is 0.0231.